The van der Waals surface area contributed by atoms with Gasteiger partial charge in [0.05, 0.1) is 25.1 Å². The van der Waals surface area contributed by atoms with Gasteiger partial charge in [-0.3, -0.25) is 14.4 Å². The quantitative estimate of drug-likeness (QED) is 0.559. The van der Waals surface area contributed by atoms with E-state index in [9.17, 15) is 4.79 Å². The number of amides is 1. The van der Waals surface area contributed by atoms with Crippen molar-refractivity contribution in [3.8, 4) is 11.3 Å². The first-order chi connectivity index (χ1) is 17.0. The summed E-state index contributed by atoms with van der Waals surface area (Å²) < 4.78 is 7.32. The van der Waals surface area contributed by atoms with E-state index in [1.165, 1.54) is 5.56 Å². The highest BCUT2D eigenvalue weighted by Crippen LogP contribution is 2.32. The minimum atomic E-state index is 0.185. The number of morpholine rings is 1. The Bertz CT molecular complexity index is 1200. The highest BCUT2D eigenvalue weighted by atomic mass is 16.5. The molecule has 2 aliphatic heterocycles. The van der Waals surface area contributed by atoms with Gasteiger partial charge in [0.25, 0.3) is 0 Å². The van der Waals surface area contributed by atoms with Gasteiger partial charge in [0.1, 0.15) is 0 Å². The van der Waals surface area contributed by atoms with Gasteiger partial charge in [-0.05, 0) is 56.5 Å². The SMILES string of the molecule is Cc1cnc(Nc2ccc3c(c2)CCN3C(=O)CCN2CCOCC2)nc1-c1cnn(C(C)C)c1. The Hall–Kier alpha value is -3.30. The number of aromatic nitrogens is 4. The molecule has 0 bridgehead atoms. The van der Waals surface area contributed by atoms with E-state index < -0.39 is 0 Å². The Morgan fingerprint density at radius 2 is 2.00 bits per heavy atom. The summed E-state index contributed by atoms with van der Waals surface area (Å²) in [6.45, 7) is 11.0. The molecule has 35 heavy (non-hydrogen) atoms. The number of benzene rings is 1. The lowest BCUT2D eigenvalue weighted by Gasteiger charge is -2.27. The zero-order valence-corrected chi connectivity index (χ0v) is 20.7. The fraction of sp³-hybridized carbons (Fsp3) is 0.462. The molecule has 0 spiro atoms. The number of nitrogens with zero attached hydrogens (tertiary/aromatic N) is 6. The fourth-order valence-corrected chi connectivity index (χ4v) is 4.62. The van der Waals surface area contributed by atoms with E-state index in [2.05, 4.69) is 40.2 Å². The lowest BCUT2D eigenvalue weighted by molar-refractivity contribution is -0.119. The maximum absolute atomic E-state index is 12.9. The molecule has 2 aliphatic rings. The van der Waals surface area contributed by atoms with E-state index >= 15 is 0 Å². The summed E-state index contributed by atoms with van der Waals surface area (Å²) in [6, 6.07) is 6.41. The molecule has 0 radical (unpaired) electrons. The van der Waals surface area contributed by atoms with Crippen LogP contribution in [0.1, 0.15) is 37.4 Å². The van der Waals surface area contributed by atoms with Gasteiger partial charge >= 0.3 is 0 Å². The van der Waals surface area contributed by atoms with Crippen LogP contribution in [0, 0.1) is 6.92 Å². The van der Waals surface area contributed by atoms with Gasteiger partial charge in [-0.1, -0.05) is 0 Å². The molecule has 0 unspecified atom stereocenters. The highest BCUT2D eigenvalue weighted by Gasteiger charge is 2.25. The van der Waals surface area contributed by atoms with Crippen LogP contribution in [0.2, 0.25) is 0 Å². The smallest absolute Gasteiger partial charge is 0.228 e. The number of fused-ring (bicyclic) bond motifs is 1. The van der Waals surface area contributed by atoms with Crippen LogP contribution in [-0.4, -0.2) is 69.9 Å². The van der Waals surface area contributed by atoms with Gasteiger partial charge < -0.3 is 15.0 Å². The maximum Gasteiger partial charge on any atom is 0.228 e. The summed E-state index contributed by atoms with van der Waals surface area (Å²) in [5, 5.41) is 7.78. The third-order valence-corrected chi connectivity index (χ3v) is 6.65. The summed E-state index contributed by atoms with van der Waals surface area (Å²) in [5.74, 6) is 0.726. The molecule has 9 nitrogen and oxygen atoms in total. The van der Waals surface area contributed by atoms with E-state index in [-0.39, 0.29) is 5.91 Å². The average molecular weight is 476 g/mol. The summed E-state index contributed by atoms with van der Waals surface area (Å²) in [4.78, 5) is 26.4. The van der Waals surface area contributed by atoms with Gasteiger partial charge in [0.2, 0.25) is 11.9 Å². The highest BCUT2D eigenvalue weighted by molar-refractivity contribution is 5.96. The number of rotatable bonds is 7. The monoisotopic (exact) mass is 475 g/mol. The van der Waals surface area contributed by atoms with Crippen LogP contribution < -0.4 is 10.2 Å². The lowest BCUT2D eigenvalue weighted by atomic mass is 10.1. The van der Waals surface area contributed by atoms with Crippen molar-refractivity contribution in [1.82, 2.24) is 24.6 Å². The Kier molecular flexibility index (Phi) is 6.79. The molecule has 1 N–H and O–H groups in total. The van der Waals surface area contributed by atoms with Crippen LogP contribution in [0.15, 0.2) is 36.8 Å². The number of nitrogens with one attached hydrogen (secondary N) is 1. The Balaban J connectivity index is 1.26. The van der Waals surface area contributed by atoms with Gasteiger partial charge in [-0.2, -0.15) is 5.10 Å². The first kappa shape index (κ1) is 23.4. The van der Waals surface area contributed by atoms with E-state index in [1.807, 2.05) is 47.2 Å². The second kappa shape index (κ2) is 10.1. The molecule has 0 aliphatic carbocycles. The summed E-state index contributed by atoms with van der Waals surface area (Å²) in [5.41, 5.74) is 5.93. The molecule has 4 heterocycles. The zero-order chi connectivity index (χ0) is 24.4. The largest absolute Gasteiger partial charge is 0.379 e. The molecule has 1 fully saturated rings. The number of aryl methyl sites for hydroxylation is 1. The molecular formula is C26H33N7O2. The van der Waals surface area contributed by atoms with Crippen LogP contribution in [0.25, 0.3) is 11.3 Å². The lowest BCUT2D eigenvalue weighted by Crippen LogP contribution is -2.39. The molecule has 2 aromatic heterocycles. The predicted molar refractivity (Wildman–Crippen MR) is 136 cm³/mol. The molecular weight excluding hydrogens is 442 g/mol. The van der Waals surface area contributed by atoms with Crippen LogP contribution in [0.5, 0.6) is 0 Å². The molecule has 9 heteroatoms. The van der Waals surface area contributed by atoms with Gasteiger partial charge in [-0.15, -0.1) is 0 Å². The number of ether oxygens (including phenoxy) is 1. The predicted octanol–water partition coefficient (Wildman–Crippen LogP) is 3.58. The zero-order valence-electron chi connectivity index (χ0n) is 20.7. The molecule has 3 aromatic rings. The summed E-state index contributed by atoms with van der Waals surface area (Å²) >= 11 is 0. The number of carbonyl (C=O) groups is 1. The maximum atomic E-state index is 12.9. The van der Waals surface area contributed by atoms with Crippen molar-refractivity contribution in [2.24, 2.45) is 0 Å². The standard InChI is InChI=1S/C26H33N7O2/c1-18(2)33-17-21(16-28-33)25-19(3)15-27-26(30-25)29-22-4-5-23-20(14-22)6-9-32(23)24(34)7-8-31-10-12-35-13-11-31/h4-5,14-18H,6-13H2,1-3H3,(H,27,29,30). The van der Waals surface area contributed by atoms with Gasteiger partial charge in [0.15, 0.2) is 0 Å². The summed E-state index contributed by atoms with van der Waals surface area (Å²) in [7, 11) is 0. The molecule has 0 saturated carbocycles. The first-order valence-electron chi connectivity index (χ1n) is 12.4. The van der Waals surface area contributed by atoms with Gasteiger partial charge in [0, 0.05) is 68.0 Å². The van der Waals surface area contributed by atoms with Crippen molar-refractivity contribution in [3.05, 3.63) is 47.9 Å². The van der Waals surface area contributed by atoms with Crippen molar-refractivity contribution >= 4 is 23.2 Å². The minimum absolute atomic E-state index is 0.185. The van der Waals surface area contributed by atoms with Crippen LogP contribution in [0.4, 0.5) is 17.3 Å². The van der Waals surface area contributed by atoms with Crippen LogP contribution >= 0.6 is 0 Å². The Labute approximate surface area is 206 Å². The van der Waals surface area contributed by atoms with E-state index in [0.29, 0.717) is 18.4 Å². The second-order valence-corrected chi connectivity index (χ2v) is 9.50. The number of anilines is 3. The summed E-state index contributed by atoms with van der Waals surface area (Å²) in [6.07, 6.45) is 7.08. The molecule has 1 aromatic carbocycles. The van der Waals surface area contributed by atoms with Crippen LogP contribution in [0.3, 0.4) is 0 Å². The molecule has 1 amide bonds. The number of hydrogen-bond donors (Lipinski definition) is 1. The second-order valence-electron chi connectivity index (χ2n) is 9.50. The normalized spacial score (nSPS) is 16.1. The topological polar surface area (TPSA) is 88.4 Å². The van der Waals surface area contributed by atoms with Crippen molar-refractivity contribution in [3.63, 3.8) is 0 Å². The van der Waals surface area contributed by atoms with Crippen molar-refractivity contribution in [1.29, 1.82) is 0 Å². The fourth-order valence-electron chi connectivity index (χ4n) is 4.62. The third kappa shape index (κ3) is 5.21. The Morgan fingerprint density at radius 3 is 2.77 bits per heavy atom. The van der Waals surface area contributed by atoms with Crippen molar-refractivity contribution in [2.45, 2.75) is 39.7 Å². The molecule has 1 saturated heterocycles. The third-order valence-electron chi connectivity index (χ3n) is 6.65. The number of carbonyl (C=O) groups excluding carboxylic acids is 1. The van der Waals surface area contributed by atoms with E-state index in [0.717, 1.165) is 74.0 Å². The molecule has 184 valence electrons. The van der Waals surface area contributed by atoms with Crippen molar-refractivity contribution < 1.29 is 9.53 Å². The van der Waals surface area contributed by atoms with Crippen molar-refractivity contribution in [2.75, 3.05) is 49.6 Å². The Morgan fingerprint density at radius 1 is 1.17 bits per heavy atom. The number of hydrogen-bond acceptors (Lipinski definition) is 7. The first-order valence-corrected chi connectivity index (χ1v) is 12.4. The molecule has 5 rings (SSSR count). The van der Waals surface area contributed by atoms with Crippen LogP contribution in [-0.2, 0) is 16.0 Å². The minimum Gasteiger partial charge on any atom is -0.379 e. The molecule has 0 atom stereocenters. The average Bonchev–Trinajstić information content (AvgIpc) is 3.52. The van der Waals surface area contributed by atoms with E-state index in [1.54, 1.807) is 0 Å². The van der Waals surface area contributed by atoms with Gasteiger partial charge in [-0.25, -0.2) is 9.97 Å². The van der Waals surface area contributed by atoms with E-state index in [4.69, 9.17) is 9.72 Å².